The van der Waals surface area contributed by atoms with Gasteiger partial charge < -0.3 is 15.4 Å². The third-order valence-electron chi connectivity index (χ3n) is 3.56. The summed E-state index contributed by atoms with van der Waals surface area (Å²) in [6.07, 6.45) is -0.110. The van der Waals surface area contributed by atoms with Crippen LogP contribution in [-0.4, -0.2) is 25.7 Å². The number of aliphatic imine (C=N–C) groups is 1. The summed E-state index contributed by atoms with van der Waals surface area (Å²) in [5.74, 6) is 0.832. The summed E-state index contributed by atoms with van der Waals surface area (Å²) in [5.41, 5.74) is 0.749. The summed E-state index contributed by atoms with van der Waals surface area (Å²) in [7, 11) is 1.63. The van der Waals surface area contributed by atoms with E-state index in [1.807, 2.05) is 13.0 Å². The van der Waals surface area contributed by atoms with Crippen molar-refractivity contribution in [2.45, 2.75) is 19.6 Å². The van der Waals surface area contributed by atoms with E-state index in [2.05, 4.69) is 15.6 Å². The van der Waals surface area contributed by atoms with Gasteiger partial charge in [-0.1, -0.05) is 17.7 Å². The van der Waals surface area contributed by atoms with Crippen LogP contribution >= 0.6 is 11.6 Å². The van der Waals surface area contributed by atoms with Gasteiger partial charge in [0, 0.05) is 24.2 Å². The molecule has 1 atom stereocenters. The lowest BCUT2D eigenvalue weighted by Gasteiger charge is -2.18. The molecule has 0 aliphatic heterocycles. The molecule has 136 valence electrons. The molecule has 2 aromatic carbocycles. The van der Waals surface area contributed by atoms with E-state index in [-0.39, 0.29) is 12.6 Å². The Morgan fingerprint density at radius 1 is 1.27 bits per heavy atom. The minimum atomic E-state index is -0.425. The fraction of sp³-hybridized carbons (Fsp3) is 0.263. The first kappa shape index (κ1) is 19.5. The fourth-order valence-corrected chi connectivity index (χ4v) is 2.31. The van der Waals surface area contributed by atoms with E-state index in [1.165, 1.54) is 6.07 Å². The third-order valence-corrected chi connectivity index (χ3v) is 3.81. The Bertz CT molecular complexity index is 802. The monoisotopic (exact) mass is 374 g/mol. The van der Waals surface area contributed by atoms with Crippen molar-refractivity contribution in [2.24, 2.45) is 4.99 Å². The Kier molecular flexibility index (Phi) is 7.24. The maximum atomic E-state index is 13.9. The van der Waals surface area contributed by atoms with Crippen molar-refractivity contribution in [2.75, 3.05) is 13.6 Å². The number of nitrogens with one attached hydrogen (secondary N) is 2. The molecule has 0 aliphatic carbocycles. The smallest absolute Gasteiger partial charge is 0.191 e. The number of rotatable bonds is 6. The highest BCUT2D eigenvalue weighted by Crippen LogP contribution is 2.16. The van der Waals surface area contributed by atoms with Gasteiger partial charge in [-0.25, -0.2) is 4.39 Å². The van der Waals surface area contributed by atoms with Crippen molar-refractivity contribution < 1.29 is 9.13 Å². The van der Waals surface area contributed by atoms with Gasteiger partial charge in [-0.3, -0.25) is 4.99 Å². The van der Waals surface area contributed by atoms with Crippen LogP contribution in [0.3, 0.4) is 0 Å². The lowest BCUT2D eigenvalue weighted by molar-refractivity contribution is 0.224. The Balaban J connectivity index is 1.82. The number of ether oxygens (including phenoxy) is 1. The van der Waals surface area contributed by atoms with Crippen LogP contribution in [-0.2, 0) is 6.54 Å². The summed E-state index contributed by atoms with van der Waals surface area (Å²) >= 11 is 5.85. The number of hydrogen-bond donors (Lipinski definition) is 2. The van der Waals surface area contributed by atoms with E-state index in [1.54, 1.807) is 43.4 Å². The molecule has 5 nitrogen and oxygen atoms in total. The quantitative estimate of drug-likeness (QED) is 0.600. The Labute approximate surface area is 157 Å². The number of nitrogens with zero attached hydrogens (tertiary/aromatic N) is 2. The van der Waals surface area contributed by atoms with Gasteiger partial charge in [0.05, 0.1) is 18.2 Å². The topological polar surface area (TPSA) is 69.4 Å². The van der Waals surface area contributed by atoms with Crippen molar-refractivity contribution in [3.8, 4) is 11.8 Å². The molecular weight excluding hydrogens is 355 g/mol. The highest BCUT2D eigenvalue weighted by atomic mass is 35.5. The molecule has 0 saturated carbocycles. The van der Waals surface area contributed by atoms with Crippen LogP contribution in [0.25, 0.3) is 0 Å². The number of halogens is 2. The molecule has 0 amide bonds. The SMILES string of the molecule is CN=C(NCc1ccc(C#N)cc1F)NCC(C)Oc1ccc(Cl)cc1. The van der Waals surface area contributed by atoms with Crippen LogP contribution in [0.4, 0.5) is 4.39 Å². The van der Waals surface area contributed by atoms with Gasteiger partial charge in [-0.15, -0.1) is 0 Å². The van der Waals surface area contributed by atoms with E-state index < -0.39 is 5.82 Å². The van der Waals surface area contributed by atoms with Crippen molar-refractivity contribution in [3.05, 3.63) is 64.4 Å². The molecule has 0 aliphatic rings. The summed E-state index contributed by atoms with van der Waals surface area (Å²) in [6, 6.07) is 13.4. The molecule has 0 heterocycles. The van der Waals surface area contributed by atoms with Crippen LogP contribution in [0.2, 0.25) is 5.02 Å². The second-order valence-corrected chi connectivity index (χ2v) is 6.04. The molecule has 1 unspecified atom stereocenters. The highest BCUT2D eigenvalue weighted by molar-refractivity contribution is 6.30. The molecule has 2 N–H and O–H groups in total. The lowest BCUT2D eigenvalue weighted by Crippen LogP contribution is -2.41. The van der Waals surface area contributed by atoms with E-state index in [4.69, 9.17) is 21.6 Å². The first-order valence-electron chi connectivity index (χ1n) is 8.07. The second-order valence-electron chi connectivity index (χ2n) is 5.61. The van der Waals surface area contributed by atoms with E-state index in [0.29, 0.717) is 28.7 Å². The highest BCUT2D eigenvalue weighted by Gasteiger charge is 2.08. The average Bonchev–Trinajstić information content (AvgIpc) is 2.64. The van der Waals surface area contributed by atoms with Crippen LogP contribution < -0.4 is 15.4 Å². The van der Waals surface area contributed by atoms with Gasteiger partial charge in [-0.05, 0) is 43.3 Å². The van der Waals surface area contributed by atoms with Crippen LogP contribution in [0, 0.1) is 17.1 Å². The first-order chi connectivity index (χ1) is 12.5. The van der Waals surface area contributed by atoms with Crippen molar-refractivity contribution >= 4 is 17.6 Å². The van der Waals surface area contributed by atoms with Gasteiger partial charge in [0.25, 0.3) is 0 Å². The van der Waals surface area contributed by atoms with Crippen molar-refractivity contribution in [1.82, 2.24) is 10.6 Å². The largest absolute Gasteiger partial charge is 0.489 e. The number of guanidine groups is 1. The molecule has 0 radical (unpaired) electrons. The summed E-state index contributed by atoms with van der Waals surface area (Å²) < 4.78 is 19.7. The lowest BCUT2D eigenvalue weighted by atomic mass is 10.1. The van der Waals surface area contributed by atoms with E-state index in [9.17, 15) is 4.39 Å². The molecule has 0 bridgehead atoms. The number of benzene rings is 2. The minimum Gasteiger partial charge on any atom is -0.489 e. The molecule has 26 heavy (non-hydrogen) atoms. The van der Waals surface area contributed by atoms with E-state index >= 15 is 0 Å². The zero-order chi connectivity index (χ0) is 18.9. The van der Waals surface area contributed by atoms with E-state index in [0.717, 1.165) is 5.75 Å². The summed E-state index contributed by atoms with van der Waals surface area (Å²) in [5, 5.41) is 15.6. The van der Waals surface area contributed by atoms with Gasteiger partial charge >= 0.3 is 0 Å². The van der Waals surface area contributed by atoms with Crippen LogP contribution in [0.1, 0.15) is 18.1 Å². The molecular formula is C19H20ClFN4O. The predicted molar refractivity (Wildman–Crippen MR) is 101 cm³/mol. The maximum Gasteiger partial charge on any atom is 0.191 e. The van der Waals surface area contributed by atoms with Crippen molar-refractivity contribution in [1.29, 1.82) is 5.26 Å². The van der Waals surface area contributed by atoms with Gasteiger partial charge in [-0.2, -0.15) is 5.26 Å². The normalized spacial score (nSPS) is 12.2. The first-order valence-corrected chi connectivity index (χ1v) is 8.45. The summed E-state index contributed by atoms with van der Waals surface area (Å²) in [6.45, 7) is 2.69. The zero-order valence-corrected chi connectivity index (χ0v) is 15.3. The zero-order valence-electron chi connectivity index (χ0n) is 14.6. The molecule has 2 rings (SSSR count). The summed E-state index contributed by atoms with van der Waals surface area (Å²) in [4.78, 5) is 4.10. The maximum absolute atomic E-state index is 13.9. The molecule has 0 saturated heterocycles. The van der Waals surface area contributed by atoms with Crippen LogP contribution in [0.15, 0.2) is 47.5 Å². The standard InChI is InChI=1S/C19H20ClFN4O/c1-13(26-17-7-5-16(20)6-8-17)11-24-19(23-2)25-12-15-4-3-14(10-22)9-18(15)21/h3-9,13H,11-12H2,1-2H3,(H2,23,24,25). The van der Waals surface area contributed by atoms with Crippen LogP contribution in [0.5, 0.6) is 5.75 Å². The Morgan fingerprint density at radius 2 is 2.00 bits per heavy atom. The third kappa shape index (κ3) is 5.94. The fourth-order valence-electron chi connectivity index (χ4n) is 2.19. The average molecular weight is 375 g/mol. The molecule has 2 aromatic rings. The van der Waals surface area contributed by atoms with Crippen molar-refractivity contribution in [3.63, 3.8) is 0 Å². The molecule has 7 heteroatoms. The Hall–Kier alpha value is -2.78. The molecule has 0 aromatic heterocycles. The molecule has 0 fully saturated rings. The second kappa shape index (κ2) is 9.64. The predicted octanol–water partition coefficient (Wildman–Crippen LogP) is 3.48. The van der Waals surface area contributed by atoms with Gasteiger partial charge in [0.15, 0.2) is 5.96 Å². The minimum absolute atomic E-state index is 0.110. The number of nitriles is 1. The molecule has 0 spiro atoms. The van der Waals surface area contributed by atoms with Gasteiger partial charge in [0.1, 0.15) is 17.7 Å². The van der Waals surface area contributed by atoms with Gasteiger partial charge in [0.2, 0.25) is 0 Å². The Morgan fingerprint density at radius 3 is 2.62 bits per heavy atom. The number of hydrogen-bond acceptors (Lipinski definition) is 3.